The Morgan fingerprint density at radius 3 is 2.17 bits per heavy atom. The van der Waals surface area contributed by atoms with E-state index in [9.17, 15) is 9.59 Å². The summed E-state index contributed by atoms with van der Waals surface area (Å²) in [6, 6.07) is 0. The summed E-state index contributed by atoms with van der Waals surface area (Å²) in [6.45, 7) is 8.16. The lowest BCUT2D eigenvalue weighted by atomic mass is 9.80. The largest absolute Gasteiger partial charge is 0.465 e. The molecule has 0 aromatic heterocycles. The highest BCUT2D eigenvalue weighted by Crippen LogP contribution is 2.32. The third-order valence-electron chi connectivity index (χ3n) is 4.76. The molecule has 0 amide bonds. The second-order valence-electron chi connectivity index (χ2n) is 7.00. The van der Waals surface area contributed by atoms with Gasteiger partial charge in [-0.05, 0) is 51.4 Å². The van der Waals surface area contributed by atoms with Crippen molar-refractivity contribution in [1.82, 2.24) is 0 Å². The maximum Gasteiger partial charge on any atom is 0.333 e. The van der Waals surface area contributed by atoms with Crippen LogP contribution in [0.15, 0.2) is 12.2 Å². The normalized spacial score (nSPS) is 20.4. The van der Waals surface area contributed by atoms with E-state index in [0.29, 0.717) is 25.2 Å². The van der Waals surface area contributed by atoms with Crippen LogP contribution in [0.4, 0.5) is 0 Å². The van der Waals surface area contributed by atoms with Crippen LogP contribution in [0, 0.1) is 11.8 Å². The first-order chi connectivity index (χ1) is 11.5. The third-order valence-corrected chi connectivity index (χ3v) is 4.76. The molecule has 0 atom stereocenters. The summed E-state index contributed by atoms with van der Waals surface area (Å²) < 4.78 is 10.4. The van der Waals surface area contributed by atoms with Gasteiger partial charge in [0, 0.05) is 5.57 Å². The molecule has 4 nitrogen and oxygen atoms in total. The van der Waals surface area contributed by atoms with Crippen molar-refractivity contribution in [3.05, 3.63) is 12.2 Å². The predicted molar refractivity (Wildman–Crippen MR) is 95.6 cm³/mol. The summed E-state index contributed by atoms with van der Waals surface area (Å²) in [4.78, 5) is 23.3. The monoisotopic (exact) mass is 338 g/mol. The highest BCUT2D eigenvalue weighted by Gasteiger charge is 2.26. The van der Waals surface area contributed by atoms with Crippen LogP contribution >= 0.6 is 0 Å². The minimum atomic E-state index is -0.359. The van der Waals surface area contributed by atoms with Gasteiger partial charge in [-0.3, -0.25) is 4.79 Å². The number of rotatable bonds is 11. The molecule has 0 heterocycles. The van der Waals surface area contributed by atoms with Gasteiger partial charge in [0.1, 0.15) is 0 Å². The Labute approximate surface area is 147 Å². The molecule has 1 saturated carbocycles. The minimum Gasteiger partial charge on any atom is -0.465 e. The maximum atomic E-state index is 12.1. The van der Waals surface area contributed by atoms with Crippen LogP contribution in [0.3, 0.4) is 0 Å². The highest BCUT2D eigenvalue weighted by molar-refractivity contribution is 5.86. The number of carbonyl (C=O) groups is 2. The Hall–Kier alpha value is -1.32. The third kappa shape index (κ3) is 8.51. The van der Waals surface area contributed by atoms with Gasteiger partial charge in [-0.15, -0.1) is 0 Å². The van der Waals surface area contributed by atoms with Crippen LogP contribution in [0.1, 0.15) is 78.1 Å². The standard InChI is InChI=1S/C20H34O4/c1-4-5-6-9-17-10-12-18(13-11-17)20(22)24-15-8-7-14-23-19(21)16(2)3/h17-18H,2,4-15H2,1,3H3. The highest BCUT2D eigenvalue weighted by atomic mass is 16.5. The summed E-state index contributed by atoms with van der Waals surface area (Å²) >= 11 is 0. The molecule has 24 heavy (non-hydrogen) atoms. The lowest BCUT2D eigenvalue weighted by molar-refractivity contribution is -0.150. The fourth-order valence-electron chi connectivity index (χ4n) is 3.15. The average molecular weight is 338 g/mol. The van der Waals surface area contributed by atoms with Crippen molar-refractivity contribution in [2.24, 2.45) is 11.8 Å². The van der Waals surface area contributed by atoms with Crippen molar-refractivity contribution >= 4 is 11.9 Å². The number of carbonyl (C=O) groups excluding carboxylic acids is 2. The Morgan fingerprint density at radius 2 is 1.58 bits per heavy atom. The zero-order valence-corrected chi connectivity index (χ0v) is 15.5. The Balaban J connectivity index is 2.04. The number of hydrogen-bond donors (Lipinski definition) is 0. The summed E-state index contributed by atoms with van der Waals surface area (Å²) in [7, 11) is 0. The van der Waals surface area contributed by atoms with E-state index in [2.05, 4.69) is 13.5 Å². The summed E-state index contributed by atoms with van der Waals surface area (Å²) in [5.74, 6) is 0.501. The maximum absolute atomic E-state index is 12.1. The smallest absolute Gasteiger partial charge is 0.333 e. The number of unbranched alkanes of at least 4 members (excludes halogenated alkanes) is 3. The van der Waals surface area contributed by atoms with Gasteiger partial charge >= 0.3 is 11.9 Å². The van der Waals surface area contributed by atoms with E-state index in [1.54, 1.807) is 6.92 Å². The number of hydrogen-bond acceptors (Lipinski definition) is 4. The first kappa shape index (κ1) is 20.7. The van der Waals surface area contributed by atoms with Gasteiger partial charge < -0.3 is 9.47 Å². The lowest BCUT2D eigenvalue weighted by Crippen LogP contribution is -2.24. The average Bonchev–Trinajstić information content (AvgIpc) is 2.58. The van der Waals surface area contributed by atoms with Crippen LogP contribution in [-0.2, 0) is 19.1 Å². The van der Waals surface area contributed by atoms with Crippen LogP contribution in [0.5, 0.6) is 0 Å². The molecule has 0 unspecified atom stereocenters. The van der Waals surface area contributed by atoms with E-state index in [0.717, 1.165) is 25.2 Å². The molecule has 138 valence electrons. The molecular weight excluding hydrogens is 304 g/mol. The molecule has 4 heteroatoms. The molecule has 0 aromatic carbocycles. The van der Waals surface area contributed by atoms with Crippen LogP contribution in [0.2, 0.25) is 0 Å². The van der Waals surface area contributed by atoms with E-state index in [1.165, 1.54) is 38.5 Å². The summed E-state index contributed by atoms with van der Waals surface area (Å²) in [6.07, 6.45) is 11.0. The van der Waals surface area contributed by atoms with Gasteiger partial charge in [-0.25, -0.2) is 4.79 Å². The Bertz CT molecular complexity index is 394. The molecule has 0 N–H and O–H groups in total. The SMILES string of the molecule is C=C(C)C(=O)OCCCCOC(=O)C1CCC(CCCCC)CC1. The van der Waals surface area contributed by atoms with Gasteiger partial charge in [0.2, 0.25) is 0 Å². The van der Waals surface area contributed by atoms with Crippen LogP contribution < -0.4 is 0 Å². The predicted octanol–water partition coefficient (Wildman–Crippen LogP) is 4.82. The van der Waals surface area contributed by atoms with Crippen molar-refractivity contribution in [1.29, 1.82) is 0 Å². The quantitative estimate of drug-likeness (QED) is 0.308. The molecule has 0 saturated heterocycles. The molecule has 1 aliphatic carbocycles. The Kier molecular flexibility index (Phi) is 10.4. The summed E-state index contributed by atoms with van der Waals surface area (Å²) in [5.41, 5.74) is 0.409. The molecule has 1 rings (SSSR count). The van der Waals surface area contributed by atoms with Crippen molar-refractivity contribution in [2.75, 3.05) is 13.2 Å². The molecule has 0 aliphatic heterocycles. The molecular formula is C20H34O4. The van der Waals surface area contributed by atoms with E-state index >= 15 is 0 Å². The fourth-order valence-corrected chi connectivity index (χ4v) is 3.15. The van der Waals surface area contributed by atoms with Crippen LogP contribution in [0.25, 0.3) is 0 Å². The molecule has 1 fully saturated rings. The fraction of sp³-hybridized carbons (Fsp3) is 0.800. The van der Waals surface area contributed by atoms with Crippen molar-refractivity contribution in [3.8, 4) is 0 Å². The van der Waals surface area contributed by atoms with Gasteiger partial charge in [0.15, 0.2) is 0 Å². The van der Waals surface area contributed by atoms with E-state index < -0.39 is 0 Å². The topological polar surface area (TPSA) is 52.6 Å². The summed E-state index contributed by atoms with van der Waals surface area (Å²) in [5, 5.41) is 0. The first-order valence-corrected chi connectivity index (χ1v) is 9.53. The number of esters is 2. The second-order valence-corrected chi connectivity index (χ2v) is 7.00. The second kappa shape index (κ2) is 12.1. The van der Waals surface area contributed by atoms with Crippen molar-refractivity contribution < 1.29 is 19.1 Å². The van der Waals surface area contributed by atoms with Gasteiger partial charge in [0.25, 0.3) is 0 Å². The molecule has 0 aromatic rings. The molecule has 0 spiro atoms. The zero-order chi connectivity index (χ0) is 17.8. The molecule has 1 aliphatic rings. The first-order valence-electron chi connectivity index (χ1n) is 9.53. The Morgan fingerprint density at radius 1 is 0.958 bits per heavy atom. The van der Waals surface area contributed by atoms with E-state index in [-0.39, 0.29) is 17.9 Å². The van der Waals surface area contributed by atoms with Gasteiger partial charge in [0.05, 0.1) is 19.1 Å². The van der Waals surface area contributed by atoms with Gasteiger partial charge in [-0.1, -0.05) is 39.2 Å². The van der Waals surface area contributed by atoms with Crippen LogP contribution in [-0.4, -0.2) is 25.2 Å². The van der Waals surface area contributed by atoms with E-state index in [1.807, 2.05) is 0 Å². The molecule has 0 bridgehead atoms. The number of ether oxygens (including phenoxy) is 2. The van der Waals surface area contributed by atoms with Crippen molar-refractivity contribution in [2.45, 2.75) is 78.1 Å². The van der Waals surface area contributed by atoms with E-state index in [4.69, 9.17) is 9.47 Å². The zero-order valence-electron chi connectivity index (χ0n) is 15.5. The van der Waals surface area contributed by atoms with Crippen molar-refractivity contribution in [3.63, 3.8) is 0 Å². The lowest BCUT2D eigenvalue weighted by Gasteiger charge is -2.27. The minimum absolute atomic E-state index is 0.0408. The van der Waals surface area contributed by atoms with Gasteiger partial charge in [-0.2, -0.15) is 0 Å². The molecule has 0 radical (unpaired) electrons.